The predicted octanol–water partition coefficient (Wildman–Crippen LogP) is 3.15. The lowest BCUT2D eigenvalue weighted by atomic mass is 10.1. The van der Waals surface area contributed by atoms with E-state index in [1.807, 2.05) is 18.2 Å². The Morgan fingerprint density at radius 1 is 1.30 bits per heavy atom. The van der Waals surface area contributed by atoms with Gasteiger partial charge in [0.15, 0.2) is 5.17 Å². The van der Waals surface area contributed by atoms with E-state index in [4.69, 9.17) is 0 Å². The fraction of sp³-hybridized carbons (Fsp3) is 0.167. The molecule has 1 atom stereocenters. The number of non-ortho nitro benzene ring substituents is 1. The van der Waals surface area contributed by atoms with Gasteiger partial charge in [-0.15, -0.1) is 0 Å². The molecule has 2 aromatic carbocycles. The van der Waals surface area contributed by atoms with Crippen molar-refractivity contribution in [3.8, 4) is 0 Å². The van der Waals surface area contributed by atoms with Crippen LogP contribution in [0, 0.1) is 17.0 Å². The minimum Gasteiger partial charge on any atom is -0.325 e. The number of nitrogens with zero attached hydrogens (tertiary/aromatic N) is 2. The van der Waals surface area contributed by atoms with Gasteiger partial charge < -0.3 is 10.6 Å². The van der Waals surface area contributed by atoms with E-state index in [0.717, 1.165) is 0 Å². The highest BCUT2D eigenvalue weighted by molar-refractivity contribution is 8.15. The maximum Gasteiger partial charge on any atom is 0.269 e. The molecular weight excluding hydrogens is 368 g/mol. The lowest BCUT2D eigenvalue weighted by Gasteiger charge is -2.22. The fourth-order valence-electron chi connectivity index (χ4n) is 2.48. The Hall–Kier alpha value is -3.20. The van der Waals surface area contributed by atoms with E-state index in [1.165, 1.54) is 30.0 Å². The van der Waals surface area contributed by atoms with E-state index in [1.54, 1.807) is 19.1 Å². The van der Waals surface area contributed by atoms with Crippen molar-refractivity contribution in [3.63, 3.8) is 0 Å². The number of amidine groups is 1. The fourth-order valence-corrected chi connectivity index (χ4v) is 3.48. The molecule has 8 nitrogen and oxygen atoms in total. The van der Waals surface area contributed by atoms with Crippen LogP contribution in [-0.2, 0) is 9.59 Å². The number of aryl methyl sites for hydroxylation is 1. The number of hydrogen-bond donors (Lipinski definition) is 2. The number of para-hydroxylation sites is 1. The Morgan fingerprint density at radius 3 is 2.70 bits per heavy atom. The van der Waals surface area contributed by atoms with Crippen molar-refractivity contribution in [1.82, 2.24) is 5.32 Å². The maximum atomic E-state index is 12.6. The second kappa shape index (κ2) is 8.00. The standard InChI is InChI=1S/C18H16N4O4S/c1-11-9-13(22(25)26)7-8-14(11)20-17(24)15-10-16(23)21-18(27-15)19-12-5-3-2-4-6-12/h2-9,15H,10H2,1H3,(H,20,24)(H,19,21,23)/t15-/m0/s1. The summed E-state index contributed by atoms with van der Waals surface area (Å²) in [5.41, 5.74) is 1.67. The molecule has 0 saturated carbocycles. The molecule has 2 N–H and O–H groups in total. The minimum atomic E-state index is -0.643. The monoisotopic (exact) mass is 384 g/mol. The molecule has 1 fully saturated rings. The number of hydrogen-bond acceptors (Lipinski definition) is 6. The second-order valence-corrected chi connectivity index (χ2v) is 7.05. The summed E-state index contributed by atoms with van der Waals surface area (Å²) in [5.74, 6) is -0.642. The first kappa shape index (κ1) is 18.6. The molecule has 1 heterocycles. The summed E-state index contributed by atoms with van der Waals surface area (Å²) in [6.45, 7) is 1.67. The number of nitro benzene ring substituents is 1. The first-order valence-corrected chi connectivity index (χ1v) is 8.96. The average molecular weight is 384 g/mol. The van der Waals surface area contributed by atoms with Gasteiger partial charge in [-0.2, -0.15) is 0 Å². The smallest absolute Gasteiger partial charge is 0.269 e. The summed E-state index contributed by atoms with van der Waals surface area (Å²) in [4.78, 5) is 39.2. The summed E-state index contributed by atoms with van der Waals surface area (Å²) in [5, 5.41) is 15.9. The molecule has 9 heteroatoms. The number of amides is 2. The molecule has 0 bridgehead atoms. The van der Waals surface area contributed by atoms with Crippen LogP contribution >= 0.6 is 11.8 Å². The second-order valence-electron chi connectivity index (χ2n) is 5.86. The van der Waals surface area contributed by atoms with Crippen molar-refractivity contribution in [2.75, 3.05) is 5.32 Å². The lowest BCUT2D eigenvalue weighted by molar-refractivity contribution is -0.384. The topological polar surface area (TPSA) is 114 Å². The highest BCUT2D eigenvalue weighted by Crippen LogP contribution is 2.26. The molecule has 0 unspecified atom stereocenters. The highest BCUT2D eigenvalue weighted by Gasteiger charge is 2.30. The summed E-state index contributed by atoms with van der Waals surface area (Å²) in [7, 11) is 0. The molecule has 138 valence electrons. The molecule has 0 aromatic heterocycles. The van der Waals surface area contributed by atoms with Gasteiger partial charge in [0.1, 0.15) is 5.25 Å². The van der Waals surface area contributed by atoms with Gasteiger partial charge in [0.05, 0.1) is 10.6 Å². The molecule has 1 aliphatic heterocycles. The van der Waals surface area contributed by atoms with Crippen molar-refractivity contribution in [2.24, 2.45) is 4.99 Å². The van der Waals surface area contributed by atoms with E-state index in [2.05, 4.69) is 15.6 Å². The Labute approximate surface area is 159 Å². The quantitative estimate of drug-likeness (QED) is 0.621. The number of carbonyl (C=O) groups is 2. The van der Waals surface area contributed by atoms with Crippen molar-refractivity contribution >= 4 is 45.8 Å². The van der Waals surface area contributed by atoms with Gasteiger partial charge in [0.25, 0.3) is 5.69 Å². The number of aliphatic imine (C=N–C) groups is 1. The summed E-state index contributed by atoms with van der Waals surface area (Å²) < 4.78 is 0. The summed E-state index contributed by atoms with van der Waals surface area (Å²) in [6.07, 6.45) is 0.0241. The van der Waals surface area contributed by atoms with Gasteiger partial charge in [-0.25, -0.2) is 4.99 Å². The molecular formula is C18H16N4O4S. The number of thioether (sulfide) groups is 1. The molecule has 0 spiro atoms. The van der Waals surface area contributed by atoms with Crippen LogP contribution in [0.1, 0.15) is 12.0 Å². The number of nitro groups is 1. The van der Waals surface area contributed by atoms with Crippen LogP contribution in [0.15, 0.2) is 53.5 Å². The summed E-state index contributed by atoms with van der Waals surface area (Å²) in [6, 6.07) is 13.3. The van der Waals surface area contributed by atoms with E-state index in [0.29, 0.717) is 22.1 Å². The van der Waals surface area contributed by atoms with Crippen molar-refractivity contribution in [2.45, 2.75) is 18.6 Å². The van der Waals surface area contributed by atoms with E-state index < -0.39 is 10.2 Å². The third-order valence-electron chi connectivity index (χ3n) is 3.83. The van der Waals surface area contributed by atoms with Crippen LogP contribution in [0.4, 0.5) is 17.1 Å². The SMILES string of the molecule is Cc1cc([N+](=O)[O-])ccc1NC(=O)[C@@H]1CC(=O)NC(=Nc2ccccc2)S1. The Morgan fingerprint density at radius 2 is 2.04 bits per heavy atom. The number of anilines is 1. The number of rotatable bonds is 4. The number of carbonyl (C=O) groups excluding carboxylic acids is 2. The van der Waals surface area contributed by atoms with Crippen LogP contribution < -0.4 is 10.6 Å². The maximum absolute atomic E-state index is 12.6. The number of nitrogens with one attached hydrogen (secondary N) is 2. The third kappa shape index (κ3) is 4.70. The largest absolute Gasteiger partial charge is 0.325 e. The molecule has 2 aromatic rings. The van der Waals surface area contributed by atoms with Crippen LogP contribution in [0.25, 0.3) is 0 Å². The molecule has 2 amide bonds. The predicted molar refractivity (Wildman–Crippen MR) is 104 cm³/mol. The van der Waals surface area contributed by atoms with Crippen LogP contribution in [0.3, 0.4) is 0 Å². The normalized spacial score (nSPS) is 18.0. The van der Waals surface area contributed by atoms with Gasteiger partial charge in [-0.05, 0) is 30.7 Å². The van der Waals surface area contributed by atoms with E-state index in [9.17, 15) is 19.7 Å². The molecule has 1 saturated heterocycles. The number of benzene rings is 2. The zero-order valence-corrected chi connectivity index (χ0v) is 15.2. The van der Waals surface area contributed by atoms with Crippen molar-refractivity contribution in [3.05, 3.63) is 64.2 Å². The highest BCUT2D eigenvalue weighted by atomic mass is 32.2. The molecule has 0 radical (unpaired) electrons. The van der Waals surface area contributed by atoms with Crippen LogP contribution in [0.2, 0.25) is 0 Å². The van der Waals surface area contributed by atoms with Gasteiger partial charge >= 0.3 is 0 Å². The van der Waals surface area contributed by atoms with Crippen LogP contribution in [0.5, 0.6) is 0 Å². The van der Waals surface area contributed by atoms with Gasteiger partial charge in [-0.1, -0.05) is 30.0 Å². The summed E-state index contributed by atoms with van der Waals surface area (Å²) >= 11 is 1.17. The van der Waals surface area contributed by atoms with E-state index >= 15 is 0 Å². The van der Waals surface area contributed by atoms with Gasteiger partial charge in [0, 0.05) is 24.2 Å². The van der Waals surface area contributed by atoms with Crippen molar-refractivity contribution in [1.29, 1.82) is 0 Å². The van der Waals surface area contributed by atoms with Gasteiger partial charge in [-0.3, -0.25) is 19.7 Å². The lowest BCUT2D eigenvalue weighted by Crippen LogP contribution is -2.41. The van der Waals surface area contributed by atoms with Crippen LogP contribution in [-0.4, -0.2) is 27.2 Å². The van der Waals surface area contributed by atoms with E-state index in [-0.39, 0.29) is 23.9 Å². The zero-order chi connectivity index (χ0) is 19.4. The molecule has 0 aliphatic carbocycles. The molecule has 1 aliphatic rings. The third-order valence-corrected chi connectivity index (χ3v) is 4.91. The Balaban J connectivity index is 1.73. The Bertz CT molecular complexity index is 930. The molecule has 3 rings (SSSR count). The first-order chi connectivity index (χ1) is 12.9. The Kier molecular flexibility index (Phi) is 5.51. The average Bonchev–Trinajstić information content (AvgIpc) is 2.63. The first-order valence-electron chi connectivity index (χ1n) is 8.08. The zero-order valence-electron chi connectivity index (χ0n) is 14.3. The van der Waals surface area contributed by atoms with Gasteiger partial charge in [0.2, 0.25) is 11.8 Å². The molecule has 27 heavy (non-hydrogen) atoms. The van der Waals surface area contributed by atoms with Crippen molar-refractivity contribution < 1.29 is 14.5 Å². The minimum absolute atomic E-state index is 0.0241.